The molecule has 0 aromatic carbocycles. The highest BCUT2D eigenvalue weighted by Gasteiger charge is 2.48. The normalized spacial score (nSPS) is 33.7. The summed E-state index contributed by atoms with van der Waals surface area (Å²) in [6.07, 6.45) is 2.48. The predicted molar refractivity (Wildman–Crippen MR) is 88.9 cm³/mol. The van der Waals surface area contributed by atoms with Gasteiger partial charge < -0.3 is 14.4 Å². The lowest BCUT2D eigenvalue weighted by atomic mass is 9.94. The summed E-state index contributed by atoms with van der Waals surface area (Å²) in [6, 6.07) is 0.503. The van der Waals surface area contributed by atoms with E-state index in [9.17, 15) is 8.42 Å². The second-order valence-corrected chi connectivity index (χ2v) is 9.94. The van der Waals surface area contributed by atoms with E-state index in [0.717, 1.165) is 25.8 Å². The first-order valence-corrected chi connectivity index (χ1v) is 10.2. The third-order valence-electron chi connectivity index (χ3n) is 5.33. The van der Waals surface area contributed by atoms with E-state index in [-0.39, 0.29) is 5.25 Å². The fourth-order valence-corrected chi connectivity index (χ4v) is 5.45. The van der Waals surface area contributed by atoms with Gasteiger partial charge in [-0.25, -0.2) is 8.42 Å². The number of hydrogen-bond donors (Lipinski definition) is 0. The second kappa shape index (κ2) is 6.59. The van der Waals surface area contributed by atoms with E-state index >= 15 is 0 Å². The van der Waals surface area contributed by atoms with Crippen LogP contribution in [0, 0.1) is 5.92 Å². The molecule has 2 atom stereocenters. The van der Waals surface area contributed by atoms with Gasteiger partial charge in [0.2, 0.25) is 10.0 Å². The molecule has 3 fully saturated rings. The van der Waals surface area contributed by atoms with Gasteiger partial charge >= 0.3 is 0 Å². The monoisotopic (exact) mass is 346 g/mol. The summed E-state index contributed by atoms with van der Waals surface area (Å²) in [5, 5.41) is -0.165. The average Bonchev–Trinajstić information content (AvgIpc) is 3.28. The van der Waals surface area contributed by atoms with E-state index in [4.69, 9.17) is 9.47 Å². The van der Waals surface area contributed by atoms with Crippen LogP contribution in [-0.2, 0) is 19.5 Å². The predicted octanol–water partition coefficient (Wildman–Crippen LogP) is 0.926. The summed E-state index contributed by atoms with van der Waals surface area (Å²) < 4.78 is 38.7. The van der Waals surface area contributed by atoms with Gasteiger partial charge in [0.05, 0.1) is 25.1 Å². The molecule has 2 saturated heterocycles. The van der Waals surface area contributed by atoms with Crippen molar-refractivity contribution in [3.63, 3.8) is 0 Å². The molecular weight excluding hydrogens is 316 g/mol. The van der Waals surface area contributed by atoms with Gasteiger partial charge in [-0.2, -0.15) is 4.31 Å². The van der Waals surface area contributed by atoms with Gasteiger partial charge in [-0.05, 0) is 46.1 Å². The highest BCUT2D eigenvalue weighted by Crippen LogP contribution is 2.37. The molecule has 0 amide bonds. The van der Waals surface area contributed by atoms with Gasteiger partial charge in [0.1, 0.15) is 5.60 Å². The molecule has 0 radical (unpaired) electrons. The van der Waals surface area contributed by atoms with Gasteiger partial charge in [-0.1, -0.05) is 0 Å². The van der Waals surface area contributed by atoms with Crippen molar-refractivity contribution in [3.8, 4) is 0 Å². The van der Waals surface area contributed by atoms with Crippen LogP contribution in [-0.4, -0.2) is 81.0 Å². The molecular formula is C16H30N2O4S. The summed E-state index contributed by atoms with van der Waals surface area (Å²) in [4.78, 5) is 2.32. The number of sulfonamides is 1. The van der Waals surface area contributed by atoms with Crippen LogP contribution in [0.1, 0.15) is 33.1 Å². The van der Waals surface area contributed by atoms with Crippen molar-refractivity contribution in [1.29, 1.82) is 0 Å². The highest BCUT2D eigenvalue weighted by molar-refractivity contribution is 7.90. The van der Waals surface area contributed by atoms with Crippen molar-refractivity contribution in [3.05, 3.63) is 0 Å². The fraction of sp³-hybridized carbons (Fsp3) is 1.00. The summed E-state index contributed by atoms with van der Waals surface area (Å²) >= 11 is 0. The van der Waals surface area contributed by atoms with Crippen molar-refractivity contribution in [1.82, 2.24) is 9.21 Å². The molecule has 134 valence electrons. The molecule has 0 bridgehead atoms. The molecule has 0 unspecified atom stereocenters. The Bertz CT molecular complexity index is 520. The quantitative estimate of drug-likeness (QED) is 0.741. The second-order valence-electron chi connectivity index (χ2n) is 7.73. The molecule has 0 aromatic heterocycles. The number of hydrogen-bond acceptors (Lipinski definition) is 5. The molecule has 3 rings (SSSR count). The Morgan fingerprint density at radius 1 is 1.35 bits per heavy atom. The summed E-state index contributed by atoms with van der Waals surface area (Å²) in [5.74, 6) is 0.439. The average molecular weight is 346 g/mol. The number of nitrogens with zero attached hydrogens (tertiary/aromatic N) is 2. The first-order chi connectivity index (χ1) is 10.8. The van der Waals surface area contributed by atoms with E-state index in [1.54, 1.807) is 4.31 Å². The maximum absolute atomic E-state index is 12.6. The molecule has 2 heterocycles. The molecule has 1 spiro atoms. The van der Waals surface area contributed by atoms with Crippen molar-refractivity contribution in [2.45, 2.75) is 50.0 Å². The van der Waals surface area contributed by atoms with Crippen molar-refractivity contribution in [2.75, 3.05) is 46.5 Å². The molecule has 1 saturated carbocycles. The Kier molecular flexibility index (Phi) is 5.05. The van der Waals surface area contributed by atoms with E-state index in [2.05, 4.69) is 25.8 Å². The van der Waals surface area contributed by atoms with Gasteiger partial charge in [0.15, 0.2) is 0 Å². The minimum absolute atomic E-state index is 0.165. The van der Waals surface area contributed by atoms with Crippen LogP contribution in [0.5, 0.6) is 0 Å². The molecule has 0 aromatic rings. The van der Waals surface area contributed by atoms with Gasteiger partial charge in [-0.15, -0.1) is 0 Å². The lowest BCUT2D eigenvalue weighted by Gasteiger charge is -2.31. The van der Waals surface area contributed by atoms with Crippen molar-refractivity contribution in [2.24, 2.45) is 5.92 Å². The molecule has 0 N–H and O–H groups in total. The Morgan fingerprint density at radius 3 is 2.74 bits per heavy atom. The zero-order valence-electron chi connectivity index (χ0n) is 14.5. The summed E-state index contributed by atoms with van der Waals surface area (Å²) in [6.45, 7) is 7.93. The maximum atomic E-state index is 12.6. The lowest BCUT2D eigenvalue weighted by Crippen LogP contribution is -2.47. The van der Waals surface area contributed by atoms with E-state index in [1.807, 2.05) is 0 Å². The smallest absolute Gasteiger partial charge is 0.217 e. The SMILES string of the molecule is CC(C)N(C)C[C@H]1CO[C@]2(COCCN(S(=O)(=O)C3CC3)C2)C1. The van der Waals surface area contributed by atoms with E-state index in [1.165, 1.54) is 0 Å². The molecule has 2 aliphatic heterocycles. The molecule has 1 aliphatic carbocycles. The van der Waals surface area contributed by atoms with Crippen LogP contribution < -0.4 is 0 Å². The zero-order valence-corrected chi connectivity index (χ0v) is 15.3. The van der Waals surface area contributed by atoms with Crippen LogP contribution in [0.25, 0.3) is 0 Å². The first-order valence-electron chi connectivity index (χ1n) is 8.73. The van der Waals surface area contributed by atoms with Crippen LogP contribution in [0.3, 0.4) is 0 Å². The summed E-state index contributed by atoms with van der Waals surface area (Å²) in [5.41, 5.74) is -0.457. The van der Waals surface area contributed by atoms with Crippen LogP contribution in [0.2, 0.25) is 0 Å². The van der Waals surface area contributed by atoms with Gasteiger partial charge in [0, 0.05) is 25.7 Å². The lowest BCUT2D eigenvalue weighted by molar-refractivity contribution is -0.0513. The molecule has 23 heavy (non-hydrogen) atoms. The standard InChI is InChI=1S/C16H30N2O4S/c1-13(2)17(3)9-14-8-16(22-10-14)11-18(6-7-21-12-16)23(19,20)15-4-5-15/h13-15H,4-12H2,1-3H3/t14-,16+/m0/s1. The Labute approximate surface area is 140 Å². The molecule has 3 aliphatic rings. The van der Waals surface area contributed by atoms with Crippen LogP contribution >= 0.6 is 0 Å². The minimum atomic E-state index is -3.17. The Morgan fingerprint density at radius 2 is 2.09 bits per heavy atom. The third kappa shape index (κ3) is 3.90. The number of ether oxygens (including phenoxy) is 2. The fourth-order valence-electron chi connectivity index (χ4n) is 3.55. The van der Waals surface area contributed by atoms with E-state index in [0.29, 0.717) is 44.9 Å². The van der Waals surface area contributed by atoms with Gasteiger partial charge in [0.25, 0.3) is 0 Å². The van der Waals surface area contributed by atoms with Crippen LogP contribution in [0.4, 0.5) is 0 Å². The third-order valence-corrected chi connectivity index (χ3v) is 7.68. The molecule has 7 heteroatoms. The summed E-state index contributed by atoms with van der Waals surface area (Å²) in [7, 11) is -1.04. The first kappa shape index (κ1) is 17.6. The zero-order chi connectivity index (χ0) is 16.7. The van der Waals surface area contributed by atoms with E-state index < -0.39 is 15.6 Å². The van der Waals surface area contributed by atoms with Gasteiger partial charge in [-0.3, -0.25) is 0 Å². The van der Waals surface area contributed by atoms with Crippen molar-refractivity contribution < 1.29 is 17.9 Å². The number of rotatable bonds is 5. The highest BCUT2D eigenvalue weighted by atomic mass is 32.2. The Hall–Kier alpha value is -0.210. The molecule has 6 nitrogen and oxygen atoms in total. The maximum Gasteiger partial charge on any atom is 0.217 e. The Balaban J connectivity index is 1.66. The largest absolute Gasteiger partial charge is 0.377 e. The topological polar surface area (TPSA) is 59.1 Å². The minimum Gasteiger partial charge on any atom is -0.377 e. The van der Waals surface area contributed by atoms with Crippen molar-refractivity contribution >= 4 is 10.0 Å². The van der Waals surface area contributed by atoms with Crippen LogP contribution in [0.15, 0.2) is 0 Å².